The highest BCUT2D eigenvalue weighted by molar-refractivity contribution is 5.67. The van der Waals surface area contributed by atoms with E-state index >= 15 is 0 Å². The fraction of sp³-hybridized carbons (Fsp3) is 0.941. The largest absolute Gasteiger partial charge is 0.444 e. The third-order valence-electron chi connectivity index (χ3n) is 4.45. The van der Waals surface area contributed by atoms with Gasteiger partial charge in [-0.1, -0.05) is 33.6 Å². The molecule has 0 heterocycles. The first-order valence-corrected chi connectivity index (χ1v) is 8.47. The molecule has 1 amide bonds. The van der Waals surface area contributed by atoms with Crippen molar-refractivity contribution in [1.29, 1.82) is 0 Å². The van der Waals surface area contributed by atoms with E-state index in [2.05, 4.69) is 31.4 Å². The van der Waals surface area contributed by atoms with E-state index in [1.165, 1.54) is 0 Å². The lowest BCUT2D eigenvalue weighted by Gasteiger charge is -2.51. The molecule has 0 aromatic heterocycles. The van der Waals surface area contributed by atoms with Crippen molar-refractivity contribution in [1.82, 2.24) is 10.6 Å². The van der Waals surface area contributed by atoms with Gasteiger partial charge in [-0.3, -0.25) is 0 Å². The molecule has 1 aliphatic rings. The van der Waals surface area contributed by atoms with E-state index < -0.39 is 5.60 Å². The van der Waals surface area contributed by atoms with E-state index in [1.807, 2.05) is 20.8 Å². The minimum atomic E-state index is -0.476. The smallest absolute Gasteiger partial charge is 0.407 e. The first kappa shape index (κ1) is 19.2. The van der Waals surface area contributed by atoms with Gasteiger partial charge in [0.2, 0.25) is 0 Å². The Morgan fingerprint density at radius 2 is 2.05 bits per heavy atom. The number of carbonyl (C=O) groups excluding carboxylic acids is 1. The Labute approximate surface area is 135 Å². The molecule has 1 aliphatic carbocycles. The zero-order valence-electron chi connectivity index (χ0n) is 15.0. The van der Waals surface area contributed by atoms with Crippen LogP contribution in [0.1, 0.15) is 67.2 Å². The van der Waals surface area contributed by atoms with Gasteiger partial charge in [0.1, 0.15) is 5.60 Å². The van der Waals surface area contributed by atoms with Crippen LogP contribution in [0.5, 0.6) is 0 Å². The Bertz CT molecular complexity index is 363. The van der Waals surface area contributed by atoms with E-state index in [1.54, 1.807) is 0 Å². The molecule has 1 saturated carbocycles. The van der Waals surface area contributed by atoms with Crippen LogP contribution >= 0.6 is 0 Å². The van der Waals surface area contributed by atoms with Crippen molar-refractivity contribution in [3.05, 3.63) is 0 Å². The molecule has 130 valence electrons. The van der Waals surface area contributed by atoms with Crippen LogP contribution < -0.4 is 10.6 Å². The molecule has 0 aliphatic heterocycles. The molecule has 0 saturated heterocycles. The number of carbonyl (C=O) groups is 1. The summed E-state index contributed by atoms with van der Waals surface area (Å²) in [7, 11) is 0. The third kappa shape index (κ3) is 5.76. The Balaban J connectivity index is 2.46. The molecule has 3 atom stereocenters. The van der Waals surface area contributed by atoms with Gasteiger partial charge in [0.15, 0.2) is 0 Å². The van der Waals surface area contributed by atoms with E-state index in [4.69, 9.17) is 4.74 Å². The van der Waals surface area contributed by atoms with Gasteiger partial charge in [0.25, 0.3) is 0 Å². The summed E-state index contributed by atoms with van der Waals surface area (Å²) in [6, 6.07) is 0.508. The zero-order chi connectivity index (χ0) is 17.0. The van der Waals surface area contributed by atoms with Crippen molar-refractivity contribution in [2.24, 2.45) is 5.41 Å². The number of aliphatic hydroxyl groups excluding tert-OH is 1. The summed E-state index contributed by atoms with van der Waals surface area (Å²) in [5.74, 6) is 0. The van der Waals surface area contributed by atoms with Crippen LogP contribution in [0.25, 0.3) is 0 Å². The highest BCUT2D eigenvalue weighted by Crippen LogP contribution is 2.40. The normalized spacial score (nSPS) is 25.2. The number of ether oxygens (including phenoxy) is 1. The summed E-state index contributed by atoms with van der Waals surface area (Å²) >= 11 is 0. The molecule has 5 nitrogen and oxygen atoms in total. The molecule has 3 unspecified atom stereocenters. The number of alkyl carbamates (subject to hydrolysis) is 1. The maximum absolute atomic E-state index is 11.8. The van der Waals surface area contributed by atoms with Gasteiger partial charge in [-0.05, 0) is 33.6 Å². The van der Waals surface area contributed by atoms with Gasteiger partial charge in [-0.25, -0.2) is 4.79 Å². The molecule has 0 aromatic carbocycles. The van der Waals surface area contributed by atoms with Gasteiger partial charge in [0.05, 0.1) is 6.10 Å². The van der Waals surface area contributed by atoms with Crippen molar-refractivity contribution in [3.8, 4) is 0 Å². The molecule has 5 heteroatoms. The first-order valence-electron chi connectivity index (χ1n) is 8.47. The molecular formula is C17H34N2O3. The van der Waals surface area contributed by atoms with Gasteiger partial charge >= 0.3 is 6.09 Å². The van der Waals surface area contributed by atoms with Crippen LogP contribution in [0.2, 0.25) is 0 Å². The van der Waals surface area contributed by atoms with Gasteiger partial charge in [0, 0.05) is 24.0 Å². The topological polar surface area (TPSA) is 70.6 Å². The van der Waals surface area contributed by atoms with Crippen molar-refractivity contribution in [3.63, 3.8) is 0 Å². The van der Waals surface area contributed by atoms with Crippen molar-refractivity contribution in [2.45, 2.75) is 91.0 Å². The highest BCUT2D eigenvalue weighted by atomic mass is 16.6. The van der Waals surface area contributed by atoms with Crippen molar-refractivity contribution >= 4 is 6.09 Å². The first-order chi connectivity index (χ1) is 10.1. The highest BCUT2D eigenvalue weighted by Gasteiger charge is 2.47. The number of hydrogen-bond donors (Lipinski definition) is 3. The van der Waals surface area contributed by atoms with E-state index in [0.29, 0.717) is 12.6 Å². The van der Waals surface area contributed by atoms with Crippen LogP contribution in [0.4, 0.5) is 4.79 Å². The SMILES string of the molecule is CCCCC(CNC(=O)OC(C)(C)C)NC1CC(O)C1(C)C. The van der Waals surface area contributed by atoms with E-state index in [0.717, 1.165) is 25.7 Å². The quantitative estimate of drug-likeness (QED) is 0.676. The van der Waals surface area contributed by atoms with Crippen LogP contribution in [-0.4, -0.2) is 41.5 Å². The monoisotopic (exact) mass is 314 g/mol. The second-order valence-corrected chi connectivity index (χ2v) is 8.01. The molecule has 0 spiro atoms. The summed E-state index contributed by atoms with van der Waals surface area (Å²) in [5.41, 5.74) is -0.577. The second-order valence-electron chi connectivity index (χ2n) is 8.01. The minimum Gasteiger partial charge on any atom is -0.444 e. The average molecular weight is 314 g/mol. The molecule has 0 aromatic rings. The maximum Gasteiger partial charge on any atom is 0.407 e. The number of amides is 1. The Hall–Kier alpha value is -0.810. The molecule has 3 N–H and O–H groups in total. The molecule has 0 bridgehead atoms. The average Bonchev–Trinajstić information content (AvgIpc) is 2.38. The number of hydrogen-bond acceptors (Lipinski definition) is 4. The third-order valence-corrected chi connectivity index (χ3v) is 4.45. The lowest BCUT2D eigenvalue weighted by atomic mass is 9.64. The Morgan fingerprint density at radius 1 is 1.41 bits per heavy atom. The fourth-order valence-corrected chi connectivity index (χ4v) is 2.69. The van der Waals surface area contributed by atoms with Gasteiger partial charge in [-0.2, -0.15) is 0 Å². The van der Waals surface area contributed by atoms with Crippen LogP contribution in [0, 0.1) is 5.41 Å². The molecule has 1 fully saturated rings. The van der Waals surface area contributed by atoms with Crippen molar-refractivity contribution < 1.29 is 14.6 Å². The Morgan fingerprint density at radius 3 is 2.50 bits per heavy atom. The molecule has 1 rings (SSSR count). The standard InChI is InChI=1S/C17H34N2O3/c1-7-8-9-12(11-18-15(21)22-16(2,3)4)19-13-10-14(20)17(13,5)6/h12-14,19-20H,7-11H2,1-6H3,(H,18,21). The predicted octanol–water partition coefficient (Wildman–Crippen LogP) is 2.82. The number of nitrogens with one attached hydrogen (secondary N) is 2. The van der Waals surface area contributed by atoms with Gasteiger partial charge < -0.3 is 20.5 Å². The zero-order valence-corrected chi connectivity index (χ0v) is 15.0. The predicted molar refractivity (Wildman–Crippen MR) is 88.9 cm³/mol. The number of aliphatic hydroxyl groups is 1. The summed E-state index contributed by atoms with van der Waals surface area (Å²) in [5, 5.41) is 16.3. The lowest BCUT2D eigenvalue weighted by Crippen LogP contribution is -2.63. The molecule has 22 heavy (non-hydrogen) atoms. The summed E-state index contributed by atoms with van der Waals surface area (Å²) in [4.78, 5) is 11.8. The fourth-order valence-electron chi connectivity index (χ4n) is 2.69. The summed E-state index contributed by atoms with van der Waals surface area (Å²) in [6.07, 6.45) is 3.42. The van der Waals surface area contributed by atoms with E-state index in [9.17, 15) is 9.90 Å². The molecule has 0 radical (unpaired) electrons. The summed E-state index contributed by atoms with van der Waals surface area (Å²) < 4.78 is 5.28. The number of unbranched alkanes of at least 4 members (excludes halogenated alkanes) is 1. The second kappa shape index (κ2) is 7.64. The minimum absolute atomic E-state index is 0.101. The maximum atomic E-state index is 11.8. The van der Waals surface area contributed by atoms with Gasteiger partial charge in [-0.15, -0.1) is 0 Å². The Kier molecular flexibility index (Phi) is 6.68. The van der Waals surface area contributed by atoms with Crippen LogP contribution in [0.3, 0.4) is 0 Å². The molecular weight excluding hydrogens is 280 g/mol. The summed E-state index contributed by atoms with van der Waals surface area (Å²) in [6.45, 7) is 12.5. The van der Waals surface area contributed by atoms with Crippen LogP contribution in [-0.2, 0) is 4.74 Å². The van der Waals surface area contributed by atoms with Crippen molar-refractivity contribution in [2.75, 3.05) is 6.54 Å². The van der Waals surface area contributed by atoms with E-state index in [-0.39, 0.29) is 23.7 Å². The number of rotatable bonds is 7. The lowest BCUT2D eigenvalue weighted by molar-refractivity contribution is -0.0761. The van der Waals surface area contributed by atoms with Crippen LogP contribution in [0.15, 0.2) is 0 Å².